The highest BCUT2D eigenvalue weighted by Gasteiger charge is 2.07. The van der Waals surface area contributed by atoms with Crippen molar-refractivity contribution in [3.05, 3.63) is 46.9 Å². The summed E-state index contributed by atoms with van der Waals surface area (Å²) >= 11 is 0. The molecule has 108 valence electrons. The van der Waals surface area contributed by atoms with Gasteiger partial charge >= 0.3 is 0 Å². The molecule has 0 fully saturated rings. The second-order valence-corrected chi connectivity index (χ2v) is 4.54. The minimum atomic E-state index is 0.235. The van der Waals surface area contributed by atoms with E-state index in [1.54, 1.807) is 12.3 Å². The topological polar surface area (TPSA) is 114 Å². The van der Waals surface area contributed by atoms with E-state index in [1.807, 2.05) is 38.1 Å². The van der Waals surface area contributed by atoms with Crippen LogP contribution in [-0.2, 0) is 0 Å². The zero-order valence-corrected chi connectivity index (χ0v) is 12.1. The number of nitrogens with one attached hydrogen (secondary N) is 2. The van der Waals surface area contributed by atoms with Gasteiger partial charge in [0, 0.05) is 18.0 Å². The highest BCUT2D eigenvalue weighted by atomic mass is 15.5. The predicted octanol–water partition coefficient (Wildman–Crippen LogP) is 2.33. The molecule has 1 aromatic carbocycles. The Labute approximate surface area is 127 Å². The fourth-order valence-electron chi connectivity index (χ4n) is 2.02. The maximum absolute atomic E-state index is 9.14. The summed E-state index contributed by atoms with van der Waals surface area (Å²) in [5, 5.41) is 34.1. The molecule has 0 radical (unpaired) electrons. The molecule has 0 bridgehead atoms. The Morgan fingerprint density at radius 1 is 1.27 bits per heavy atom. The van der Waals surface area contributed by atoms with Crippen molar-refractivity contribution < 1.29 is 0 Å². The van der Waals surface area contributed by atoms with E-state index >= 15 is 0 Å². The van der Waals surface area contributed by atoms with E-state index in [4.69, 9.17) is 10.5 Å². The fraction of sp³-hybridized carbons (Fsp3) is 0.133. The number of H-pyrrole nitrogens is 1. The lowest BCUT2D eigenvalue weighted by molar-refractivity contribution is 0.881. The van der Waals surface area contributed by atoms with Gasteiger partial charge in [-0.25, -0.2) is 0 Å². The Morgan fingerprint density at radius 2 is 2.00 bits per heavy atom. The van der Waals surface area contributed by atoms with Gasteiger partial charge in [-0.3, -0.25) is 0 Å². The molecule has 0 amide bonds. The first kappa shape index (κ1) is 14.9. The van der Waals surface area contributed by atoms with Crippen molar-refractivity contribution in [3.63, 3.8) is 0 Å². The smallest absolute Gasteiger partial charge is 0.216 e. The third-order valence-electron chi connectivity index (χ3n) is 2.97. The number of nitriles is 2. The van der Waals surface area contributed by atoms with Crippen LogP contribution in [0.4, 0.5) is 5.69 Å². The van der Waals surface area contributed by atoms with Crippen LogP contribution < -0.4 is 5.32 Å². The van der Waals surface area contributed by atoms with Crippen molar-refractivity contribution >= 4 is 17.3 Å². The molecule has 2 N–H and O–H groups in total. The van der Waals surface area contributed by atoms with Crippen LogP contribution in [0.15, 0.2) is 24.4 Å². The Bertz CT molecular complexity index is 778. The number of hydrogen-bond donors (Lipinski definition) is 2. The Balaban J connectivity index is 2.29. The first-order valence-corrected chi connectivity index (χ1v) is 6.43. The van der Waals surface area contributed by atoms with Gasteiger partial charge in [0.2, 0.25) is 5.82 Å². The van der Waals surface area contributed by atoms with Crippen LogP contribution in [0.25, 0.3) is 11.6 Å². The molecule has 2 aromatic rings. The second kappa shape index (κ2) is 6.82. The minimum absolute atomic E-state index is 0.235. The lowest BCUT2D eigenvalue weighted by Crippen LogP contribution is -1.98. The largest absolute Gasteiger partial charge is 0.360 e. The van der Waals surface area contributed by atoms with Crippen molar-refractivity contribution in [1.82, 2.24) is 20.6 Å². The summed E-state index contributed by atoms with van der Waals surface area (Å²) in [5.41, 5.74) is 4.12. The van der Waals surface area contributed by atoms with Crippen molar-refractivity contribution in [1.29, 1.82) is 10.5 Å². The zero-order valence-electron chi connectivity index (χ0n) is 12.1. The van der Waals surface area contributed by atoms with E-state index in [9.17, 15) is 0 Å². The number of aryl methyl sites for hydroxylation is 2. The molecule has 7 heteroatoms. The molecule has 0 spiro atoms. The van der Waals surface area contributed by atoms with Gasteiger partial charge in [0.25, 0.3) is 0 Å². The van der Waals surface area contributed by atoms with Crippen molar-refractivity contribution in [2.75, 3.05) is 5.32 Å². The van der Waals surface area contributed by atoms with Gasteiger partial charge in [-0.2, -0.15) is 15.7 Å². The van der Waals surface area contributed by atoms with Crippen LogP contribution in [0.1, 0.15) is 22.5 Å². The maximum Gasteiger partial charge on any atom is 0.216 e. The Kier molecular flexibility index (Phi) is 4.63. The molecule has 0 aliphatic rings. The van der Waals surface area contributed by atoms with Crippen LogP contribution in [0.3, 0.4) is 0 Å². The van der Waals surface area contributed by atoms with Crippen LogP contribution in [0.2, 0.25) is 0 Å². The molecule has 0 atom stereocenters. The van der Waals surface area contributed by atoms with Crippen LogP contribution >= 0.6 is 0 Å². The lowest BCUT2D eigenvalue weighted by Gasteiger charge is -2.11. The van der Waals surface area contributed by atoms with Gasteiger partial charge in [0.1, 0.15) is 11.6 Å². The second-order valence-electron chi connectivity index (χ2n) is 4.54. The Hall–Kier alpha value is -3.45. The van der Waals surface area contributed by atoms with Crippen LogP contribution in [0, 0.1) is 36.5 Å². The summed E-state index contributed by atoms with van der Waals surface area (Å²) in [4.78, 5) is 0. The first-order valence-electron chi connectivity index (χ1n) is 6.43. The first-order chi connectivity index (χ1) is 10.7. The standard InChI is InChI=1S/C15H13N7/c1-10-6-12(4-3-5-16)7-11(2)14(10)18-9-13(8-17)15-19-21-22-20-15/h3-4,6-7,9,18H,1-2H3,(H,19,20,21,22). The fourth-order valence-corrected chi connectivity index (χ4v) is 2.02. The summed E-state index contributed by atoms with van der Waals surface area (Å²) in [5.74, 6) is 0.235. The van der Waals surface area contributed by atoms with Crippen molar-refractivity contribution in [3.8, 4) is 12.1 Å². The third kappa shape index (κ3) is 3.35. The average Bonchev–Trinajstić information content (AvgIpc) is 3.02. The van der Waals surface area contributed by atoms with E-state index in [2.05, 4.69) is 25.9 Å². The van der Waals surface area contributed by atoms with E-state index in [0.717, 1.165) is 22.4 Å². The Morgan fingerprint density at radius 3 is 2.55 bits per heavy atom. The number of aromatic nitrogens is 4. The highest BCUT2D eigenvalue weighted by molar-refractivity contribution is 5.75. The molecule has 0 unspecified atom stereocenters. The van der Waals surface area contributed by atoms with Crippen LogP contribution in [0.5, 0.6) is 0 Å². The van der Waals surface area contributed by atoms with Gasteiger partial charge in [-0.05, 0) is 54.0 Å². The SMILES string of the molecule is Cc1cc(C=CC#N)cc(C)c1NC=C(C#N)c1nn[nH]n1. The lowest BCUT2D eigenvalue weighted by atomic mass is 10.0. The number of tetrazole rings is 1. The molecule has 0 saturated heterocycles. The number of nitrogens with zero attached hydrogens (tertiary/aromatic N) is 5. The predicted molar refractivity (Wildman–Crippen MR) is 82.0 cm³/mol. The molecule has 22 heavy (non-hydrogen) atoms. The zero-order chi connectivity index (χ0) is 15.9. The highest BCUT2D eigenvalue weighted by Crippen LogP contribution is 2.23. The molecule has 1 aromatic heterocycles. The maximum atomic E-state index is 9.14. The molecule has 7 nitrogen and oxygen atoms in total. The molecular weight excluding hydrogens is 278 g/mol. The molecular formula is C15H13N7. The minimum Gasteiger partial charge on any atom is -0.360 e. The molecule has 2 rings (SSSR count). The average molecular weight is 291 g/mol. The number of benzene rings is 1. The van der Waals surface area contributed by atoms with E-state index in [-0.39, 0.29) is 11.4 Å². The van der Waals surface area contributed by atoms with Crippen molar-refractivity contribution in [2.24, 2.45) is 0 Å². The van der Waals surface area contributed by atoms with Crippen LogP contribution in [-0.4, -0.2) is 20.6 Å². The normalized spacial score (nSPS) is 11.2. The van der Waals surface area contributed by atoms with Gasteiger partial charge in [0.05, 0.1) is 6.07 Å². The molecule has 0 aliphatic heterocycles. The van der Waals surface area contributed by atoms with Crippen molar-refractivity contribution in [2.45, 2.75) is 13.8 Å². The number of hydrogen-bond acceptors (Lipinski definition) is 6. The summed E-state index contributed by atoms with van der Waals surface area (Å²) < 4.78 is 0. The number of aromatic amines is 1. The number of rotatable bonds is 4. The van der Waals surface area contributed by atoms with E-state index in [1.165, 1.54) is 6.08 Å². The quantitative estimate of drug-likeness (QED) is 0.835. The van der Waals surface area contributed by atoms with Gasteiger partial charge in [-0.15, -0.1) is 10.2 Å². The molecule has 0 aliphatic carbocycles. The van der Waals surface area contributed by atoms with Gasteiger partial charge < -0.3 is 5.32 Å². The van der Waals surface area contributed by atoms with Gasteiger partial charge in [-0.1, -0.05) is 0 Å². The van der Waals surface area contributed by atoms with E-state index < -0.39 is 0 Å². The third-order valence-corrected chi connectivity index (χ3v) is 2.97. The summed E-state index contributed by atoms with van der Waals surface area (Å²) in [7, 11) is 0. The molecule has 0 saturated carbocycles. The van der Waals surface area contributed by atoms with E-state index in [0.29, 0.717) is 0 Å². The summed E-state index contributed by atoms with van der Waals surface area (Å²) in [6, 6.07) is 7.90. The number of allylic oxidation sites excluding steroid dienone is 2. The monoisotopic (exact) mass is 291 g/mol. The number of anilines is 1. The molecule has 1 heterocycles. The summed E-state index contributed by atoms with van der Waals surface area (Å²) in [6.07, 6.45) is 4.73. The summed E-state index contributed by atoms with van der Waals surface area (Å²) in [6.45, 7) is 3.90. The van der Waals surface area contributed by atoms with Gasteiger partial charge in [0.15, 0.2) is 0 Å².